The van der Waals surface area contributed by atoms with Gasteiger partial charge in [0.05, 0.1) is 12.1 Å². The van der Waals surface area contributed by atoms with Gasteiger partial charge in [0.2, 0.25) is 0 Å². The molecular formula is C26H45NO2. The van der Waals surface area contributed by atoms with E-state index >= 15 is 0 Å². The first-order chi connectivity index (χ1) is 13.8. The van der Waals surface area contributed by atoms with Gasteiger partial charge < -0.3 is 5.11 Å². The van der Waals surface area contributed by atoms with Gasteiger partial charge in [-0.2, -0.15) is 4.91 Å². The van der Waals surface area contributed by atoms with Crippen molar-refractivity contribution in [1.29, 1.82) is 0 Å². The van der Waals surface area contributed by atoms with Crippen LogP contribution >= 0.6 is 0 Å². The number of hydrogen-bond acceptors (Lipinski definition) is 3. The molecule has 4 rings (SSSR count). The third kappa shape index (κ3) is 3.72. The lowest BCUT2D eigenvalue weighted by Gasteiger charge is -2.61. The molecule has 29 heavy (non-hydrogen) atoms. The van der Waals surface area contributed by atoms with E-state index in [0.29, 0.717) is 16.7 Å². The number of nitrogens with zero attached hydrogens (tertiary/aromatic N) is 1. The van der Waals surface area contributed by atoms with Crippen LogP contribution in [0.2, 0.25) is 0 Å². The van der Waals surface area contributed by atoms with Crippen LogP contribution in [-0.4, -0.2) is 17.3 Å². The summed E-state index contributed by atoms with van der Waals surface area (Å²) in [5.41, 5.74) is 1.000. The Bertz CT molecular complexity index is 591. The van der Waals surface area contributed by atoms with Crippen molar-refractivity contribution in [3.63, 3.8) is 0 Å². The molecule has 0 radical (unpaired) electrons. The average molecular weight is 404 g/mol. The van der Waals surface area contributed by atoms with Crippen LogP contribution in [0.15, 0.2) is 5.18 Å². The van der Waals surface area contributed by atoms with Crippen LogP contribution in [0.1, 0.15) is 105 Å². The van der Waals surface area contributed by atoms with Gasteiger partial charge in [-0.15, -0.1) is 0 Å². The fourth-order valence-corrected chi connectivity index (χ4v) is 8.82. The number of aliphatic hydroxyl groups excluding tert-OH is 1. The third-order valence-electron chi connectivity index (χ3n) is 10.8. The van der Waals surface area contributed by atoms with E-state index in [2.05, 4.69) is 32.9 Å². The Balaban J connectivity index is 1.42. The van der Waals surface area contributed by atoms with Gasteiger partial charge in [-0.1, -0.05) is 39.3 Å². The maximum absolute atomic E-state index is 11.1. The van der Waals surface area contributed by atoms with Crippen LogP contribution in [0, 0.1) is 51.2 Å². The van der Waals surface area contributed by atoms with Crippen molar-refractivity contribution >= 4 is 0 Å². The van der Waals surface area contributed by atoms with Gasteiger partial charge in [-0.05, 0) is 117 Å². The smallest absolute Gasteiger partial charge is 0.0922 e. The highest BCUT2D eigenvalue weighted by molar-refractivity contribution is 5.09. The molecular weight excluding hydrogens is 358 g/mol. The van der Waals surface area contributed by atoms with E-state index in [0.717, 1.165) is 48.9 Å². The van der Waals surface area contributed by atoms with Gasteiger partial charge in [-0.25, -0.2) is 0 Å². The second-order valence-corrected chi connectivity index (χ2v) is 12.3. The molecule has 0 spiro atoms. The van der Waals surface area contributed by atoms with E-state index in [4.69, 9.17) is 0 Å². The maximum Gasteiger partial charge on any atom is 0.0922 e. The lowest BCUT2D eigenvalue weighted by atomic mass is 9.44. The Labute approximate surface area is 178 Å². The zero-order chi connectivity index (χ0) is 20.8. The topological polar surface area (TPSA) is 49.7 Å². The van der Waals surface area contributed by atoms with Crippen LogP contribution < -0.4 is 0 Å². The molecule has 0 saturated heterocycles. The minimum atomic E-state index is -0.123. The van der Waals surface area contributed by atoms with Crippen molar-refractivity contribution in [2.24, 2.45) is 51.5 Å². The molecule has 3 nitrogen and oxygen atoms in total. The second kappa shape index (κ2) is 8.24. The van der Waals surface area contributed by atoms with E-state index in [1.807, 2.05) is 0 Å². The van der Waals surface area contributed by atoms with Gasteiger partial charge in [-0.3, -0.25) is 0 Å². The molecule has 0 aromatic rings. The number of nitroso groups, excluding NO2 is 1. The number of rotatable bonds is 6. The Morgan fingerprint density at radius 1 is 0.966 bits per heavy atom. The zero-order valence-electron chi connectivity index (χ0n) is 19.4. The SMILES string of the molecule is CC(C)C(O)CCCC1CCC2C3CCC4CC(N=O)CCC4(C)C3CCC12C. The van der Waals surface area contributed by atoms with Crippen molar-refractivity contribution < 1.29 is 5.11 Å². The van der Waals surface area contributed by atoms with E-state index in [1.165, 1.54) is 57.8 Å². The summed E-state index contributed by atoms with van der Waals surface area (Å²) in [4.78, 5) is 11.1. The molecule has 166 valence electrons. The molecule has 9 atom stereocenters. The van der Waals surface area contributed by atoms with Crippen LogP contribution in [0.5, 0.6) is 0 Å². The molecule has 1 N–H and O–H groups in total. The molecule has 0 aliphatic heterocycles. The molecule has 0 heterocycles. The second-order valence-electron chi connectivity index (χ2n) is 12.3. The van der Waals surface area contributed by atoms with Crippen molar-refractivity contribution in [3.8, 4) is 0 Å². The molecule has 4 aliphatic carbocycles. The number of hydrogen-bond donors (Lipinski definition) is 1. The molecule has 4 aliphatic rings. The van der Waals surface area contributed by atoms with Gasteiger partial charge in [0.1, 0.15) is 0 Å². The van der Waals surface area contributed by atoms with Crippen molar-refractivity contribution in [1.82, 2.24) is 0 Å². The van der Waals surface area contributed by atoms with Crippen LogP contribution in [-0.2, 0) is 0 Å². The summed E-state index contributed by atoms with van der Waals surface area (Å²) >= 11 is 0. The molecule has 0 amide bonds. The molecule has 4 fully saturated rings. The van der Waals surface area contributed by atoms with Gasteiger partial charge in [0.15, 0.2) is 0 Å². The Hall–Kier alpha value is -0.440. The number of fused-ring (bicyclic) bond motifs is 5. The van der Waals surface area contributed by atoms with Crippen LogP contribution in [0.25, 0.3) is 0 Å². The minimum absolute atomic E-state index is 0.0931. The van der Waals surface area contributed by atoms with E-state index in [-0.39, 0.29) is 12.1 Å². The average Bonchev–Trinajstić information content (AvgIpc) is 3.03. The van der Waals surface area contributed by atoms with E-state index in [9.17, 15) is 10.0 Å². The fraction of sp³-hybridized carbons (Fsp3) is 1.00. The van der Waals surface area contributed by atoms with E-state index < -0.39 is 0 Å². The summed E-state index contributed by atoms with van der Waals surface area (Å²) < 4.78 is 0. The normalized spacial score (nSPS) is 47.9. The standard InChI is InChI=1S/C26H45NO2/c1-17(2)24(28)7-5-6-18-9-11-22-21-10-8-19-16-20(27-29)12-14-26(19,4)23(21)13-15-25(18,22)3/h17-24,28H,5-16H2,1-4H3. The Kier molecular flexibility index (Phi) is 6.19. The minimum Gasteiger partial charge on any atom is -0.393 e. The lowest BCUT2D eigenvalue weighted by Crippen LogP contribution is -2.53. The first-order valence-electron chi connectivity index (χ1n) is 12.8. The van der Waals surface area contributed by atoms with E-state index in [1.54, 1.807) is 0 Å². The van der Waals surface area contributed by atoms with Crippen LogP contribution in [0.3, 0.4) is 0 Å². The molecule has 3 heteroatoms. The summed E-state index contributed by atoms with van der Waals surface area (Å²) in [6, 6.07) is 0.0931. The highest BCUT2D eigenvalue weighted by Crippen LogP contribution is 2.68. The van der Waals surface area contributed by atoms with Gasteiger partial charge >= 0.3 is 0 Å². The summed E-state index contributed by atoms with van der Waals surface area (Å²) in [6.07, 6.45) is 15.1. The Morgan fingerprint density at radius 3 is 2.41 bits per heavy atom. The van der Waals surface area contributed by atoms with Gasteiger partial charge in [0.25, 0.3) is 0 Å². The maximum atomic E-state index is 11.1. The first-order valence-corrected chi connectivity index (χ1v) is 12.8. The number of aliphatic hydroxyl groups is 1. The quantitative estimate of drug-likeness (QED) is 0.487. The fourth-order valence-electron chi connectivity index (χ4n) is 8.82. The Morgan fingerprint density at radius 2 is 1.69 bits per heavy atom. The molecule has 9 unspecified atom stereocenters. The summed E-state index contributed by atoms with van der Waals surface area (Å²) in [5.74, 6) is 4.71. The molecule has 0 bridgehead atoms. The van der Waals surface area contributed by atoms with Crippen molar-refractivity contribution in [2.75, 3.05) is 0 Å². The predicted molar refractivity (Wildman–Crippen MR) is 119 cm³/mol. The third-order valence-corrected chi connectivity index (χ3v) is 10.8. The van der Waals surface area contributed by atoms with Crippen molar-refractivity contribution in [3.05, 3.63) is 4.91 Å². The van der Waals surface area contributed by atoms with Crippen LogP contribution in [0.4, 0.5) is 0 Å². The zero-order valence-corrected chi connectivity index (χ0v) is 19.4. The largest absolute Gasteiger partial charge is 0.393 e. The first kappa shape index (κ1) is 21.8. The summed E-state index contributed by atoms with van der Waals surface area (Å²) in [6.45, 7) is 9.48. The highest BCUT2D eigenvalue weighted by Gasteiger charge is 2.59. The summed E-state index contributed by atoms with van der Waals surface area (Å²) in [7, 11) is 0. The molecule has 0 aromatic heterocycles. The molecule has 0 aromatic carbocycles. The monoisotopic (exact) mass is 403 g/mol. The lowest BCUT2D eigenvalue weighted by molar-refractivity contribution is -0.113. The molecule has 4 saturated carbocycles. The highest BCUT2D eigenvalue weighted by atomic mass is 16.3. The summed E-state index contributed by atoms with van der Waals surface area (Å²) in [5, 5.41) is 13.6. The van der Waals surface area contributed by atoms with Gasteiger partial charge in [0, 0.05) is 0 Å². The predicted octanol–water partition coefficient (Wildman–Crippen LogP) is 6.97. The van der Waals surface area contributed by atoms with Crippen molar-refractivity contribution in [2.45, 2.75) is 117 Å².